The third-order valence-corrected chi connectivity index (χ3v) is 4.12. The van der Waals surface area contributed by atoms with Gasteiger partial charge in [0.1, 0.15) is 0 Å². The number of halogens is 1. The van der Waals surface area contributed by atoms with E-state index in [0.717, 1.165) is 29.0 Å². The topological polar surface area (TPSA) is 46.3 Å². The second-order valence-electron chi connectivity index (χ2n) is 5.18. The summed E-state index contributed by atoms with van der Waals surface area (Å²) in [5, 5.41) is 0.720. The van der Waals surface area contributed by atoms with E-state index in [2.05, 4.69) is 0 Å². The highest BCUT2D eigenvalue weighted by atomic mass is 35.5. The summed E-state index contributed by atoms with van der Waals surface area (Å²) in [6.45, 7) is 4.73. The fourth-order valence-electron chi connectivity index (χ4n) is 2.92. The average molecular weight is 281 g/mol. The molecule has 0 aliphatic carbocycles. The van der Waals surface area contributed by atoms with E-state index in [-0.39, 0.29) is 18.0 Å². The first-order valence-corrected chi connectivity index (χ1v) is 7.23. The summed E-state index contributed by atoms with van der Waals surface area (Å²) in [7, 11) is 0. The van der Waals surface area contributed by atoms with E-state index in [1.54, 1.807) is 0 Å². The van der Waals surface area contributed by atoms with Crippen LogP contribution >= 0.6 is 11.6 Å². The Morgan fingerprint density at radius 2 is 2.21 bits per heavy atom. The van der Waals surface area contributed by atoms with Crippen molar-refractivity contribution in [3.05, 3.63) is 34.3 Å². The minimum Gasteiger partial charge on any atom is -0.334 e. The maximum atomic E-state index is 12.2. The number of benzene rings is 1. The Hall–Kier alpha value is -1.06. The Balaban J connectivity index is 2.44. The highest BCUT2D eigenvalue weighted by Crippen LogP contribution is 2.32. The quantitative estimate of drug-likeness (QED) is 0.905. The van der Waals surface area contributed by atoms with Crippen LogP contribution in [0.5, 0.6) is 0 Å². The molecule has 2 rings (SSSR count). The summed E-state index contributed by atoms with van der Waals surface area (Å²) < 4.78 is 0. The van der Waals surface area contributed by atoms with Gasteiger partial charge in [0.05, 0.1) is 6.04 Å². The number of aryl methyl sites for hydroxylation is 1. The van der Waals surface area contributed by atoms with Crippen molar-refractivity contribution in [1.29, 1.82) is 0 Å². The highest BCUT2D eigenvalue weighted by molar-refractivity contribution is 6.30. The van der Waals surface area contributed by atoms with Gasteiger partial charge in [0.2, 0.25) is 5.91 Å². The molecule has 104 valence electrons. The van der Waals surface area contributed by atoms with Crippen LogP contribution in [0.15, 0.2) is 18.2 Å². The Bertz CT molecular complexity index is 475. The first-order valence-electron chi connectivity index (χ1n) is 6.85. The second-order valence-corrected chi connectivity index (χ2v) is 5.62. The van der Waals surface area contributed by atoms with Crippen LogP contribution in [0.2, 0.25) is 5.02 Å². The summed E-state index contributed by atoms with van der Waals surface area (Å²) in [4.78, 5) is 14.1. The molecule has 1 aliphatic heterocycles. The Morgan fingerprint density at radius 3 is 2.84 bits per heavy atom. The van der Waals surface area contributed by atoms with Crippen LogP contribution in [0.25, 0.3) is 0 Å². The third-order valence-electron chi connectivity index (χ3n) is 3.88. The first-order chi connectivity index (χ1) is 9.04. The number of nitrogens with zero attached hydrogens (tertiary/aromatic N) is 1. The SMILES string of the molecule is CCN1C(=O)CCCC(N)C1c1ccc(Cl)cc1C. The summed E-state index contributed by atoms with van der Waals surface area (Å²) in [5.74, 6) is 0.204. The molecule has 4 heteroatoms. The molecule has 2 atom stereocenters. The van der Waals surface area contributed by atoms with Crippen LogP contribution in [-0.2, 0) is 4.79 Å². The molecule has 0 aromatic heterocycles. The number of hydrogen-bond acceptors (Lipinski definition) is 2. The zero-order chi connectivity index (χ0) is 14.0. The Morgan fingerprint density at radius 1 is 1.47 bits per heavy atom. The van der Waals surface area contributed by atoms with Gasteiger partial charge in [-0.3, -0.25) is 4.79 Å². The van der Waals surface area contributed by atoms with E-state index in [9.17, 15) is 4.79 Å². The monoisotopic (exact) mass is 280 g/mol. The zero-order valence-electron chi connectivity index (χ0n) is 11.5. The molecule has 1 saturated heterocycles. The number of likely N-dealkylation sites (N-methyl/N-ethyl adjacent to an activating group) is 1. The molecular formula is C15H21ClN2O. The molecule has 0 radical (unpaired) electrons. The lowest BCUT2D eigenvalue weighted by molar-refractivity contribution is -0.133. The molecule has 1 aliphatic rings. The lowest BCUT2D eigenvalue weighted by Gasteiger charge is -2.34. The molecular weight excluding hydrogens is 260 g/mol. The molecule has 2 N–H and O–H groups in total. The van der Waals surface area contributed by atoms with Crippen molar-refractivity contribution in [2.75, 3.05) is 6.54 Å². The van der Waals surface area contributed by atoms with Gasteiger partial charge in [0.15, 0.2) is 0 Å². The summed E-state index contributed by atoms with van der Waals surface area (Å²) in [5.41, 5.74) is 8.54. The molecule has 1 aromatic carbocycles. The van der Waals surface area contributed by atoms with Gasteiger partial charge in [-0.05, 0) is 49.9 Å². The van der Waals surface area contributed by atoms with E-state index in [1.807, 2.05) is 36.9 Å². The van der Waals surface area contributed by atoms with E-state index in [4.69, 9.17) is 17.3 Å². The normalized spacial score (nSPS) is 24.4. The number of likely N-dealkylation sites (tertiary alicyclic amines) is 1. The number of amides is 1. The van der Waals surface area contributed by atoms with Crippen LogP contribution in [-0.4, -0.2) is 23.4 Å². The van der Waals surface area contributed by atoms with Gasteiger partial charge in [-0.25, -0.2) is 0 Å². The van der Waals surface area contributed by atoms with Crippen molar-refractivity contribution < 1.29 is 4.79 Å². The smallest absolute Gasteiger partial charge is 0.223 e. The minimum atomic E-state index is -0.0303. The zero-order valence-corrected chi connectivity index (χ0v) is 12.3. The van der Waals surface area contributed by atoms with Crippen LogP contribution in [0.4, 0.5) is 0 Å². The molecule has 3 nitrogen and oxygen atoms in total. The van der Waals surface area contributed by atoms with Crippen molar-refractivity contribution in [3.63, 3.8) is 0 Å². The predicted molar refractivity (Wildman–Crippen MR) is 78.1 cm³/mol. The Labute approximate surface area is 119 Å². The molecule has 1 amide bonds. The molecule has 1 heterocycles. The molecule has 19 heavy (non-hydrogen) atoms. The van der Waals surface area contributed by atoms with Gasteiger partial charge in [-0.1, -0.05) is 17.7 Å². The fourth-order valence-corrected chi connectivity index (χ4v) is 3.15. The summed E-state index contributed by atoms with van der Waals surface area (Å²) in [6.07, 6.45) is 2.36. The molecule has 2 unspecified atom stereocenters. The first kappa shape index (κ1) is 14.4. The van der Waals surface area contributed by atoms with Gasteiger partial charge in [-0.15, -0.1) is 0 Å². The number of carbonyl (C=O) groups is 1. The lowest BCUT2D eigenvalue weighted by atomic mass is 9.93. The number of hydrogen-bond donors (Lipinski definition) is 1. The number of nitrogens with two attached hydrogens (primary N) is 1. The van der Waals surface area contributed by atoms with Gasteiger partial charge >= 0.3 is 0 Å². The van der Waals surface area contributed by atoms with Crippen molar-refractivity contribution >= 4 is 17.5 Å². The lowest BCUT2D eigenvalue weighted by Crippen LogP contribution is -2.42. The summed E-state index contributed by atoms with van der Waals surface area (Å²) >= 11 is 6.01. The maximum absolute atomic E-state index is 12.2. The van der Waals surface area contributed by atoms with Crippen molar-refractivity contribution in [2.24, 2.45) is 5.73 Å². The predicted octanol–water partition coefficient (Wildman–Crippen LogP) is 3.05. The second kappa shape index (κ2) is 5.93. The van der Waals surface area contributed by atoms with Gasteiger partial charge in [-0.2, -0.15) is 0 Å². The van der Waals surface area contributed by atoms with Crippen LogP contribution < -0.4 is 5.73 Å². The molecule has 1 fully saturated rings. The summed E-state index contributed by atoms with van der Waals surface area (Å²) in [6, 6.07) is 5.78. The molecule has 1 aromatic rings. The largest absolute Gasteiger partial charge is 0.334 e. The molecule has 0 spiro atoms. The molecule has 0 bridgehead atoms. The van der Waals surface area contributed by atoms with Crippen LogP contribution in [0, 0.1) is 6.92 Å². The van der Waals surface area contributed by atoms with Gasteiger partial charge in [0.25, 0.3) is 0 Å². The van der Waals surface area contributed by atoms with Crippen molar-refractivity contribution in [1.82, 2.24) is 4.90 Å². The number of carbonyl (C=O) groups excluding carboxylic acids is 1. The van der Waals surface area contributed by atoms with Crippen molar-refractivity contribution in [2.45, 2.75) is 45.2 Å². The van der Waals surface area contributed by atoms with Crippen LogP contribution in [0.3, 0.4) is 0 Å². The van der Waals surface area contributed by atoms with Gasteiger partial charge in [0, 0.05) is 24.0 Å². The highest BCUT2D eigenvalue weighted by Gasteiger charge is 2.32. The maximum Gasteiger partial charge on any atom is 0.223 e. The minimum absolute atomic E-state index is 0.00808. The van der Waals surface area contributed by atoms with E-state index in [0.29, 0.717) is 13.0 Å². The number of rotatable bonds is 2. The van der Waals surface area contributed by atoms with E-state index >= 15 is 0 Å². The Kier molecular flexibility index (Phi) is 4.48. The molecule has 0 saturated carbocycles. The fraction of sp³-hybridized carbons (Fsp3) is 0.533. The van der Waals surface area contributed by atoms with E-state index in [1.165, 1.54) is 0 Å². The average Bonchev–Trinajstić information content (AvgIpc) is 2.49. The van der Waals surface area contributed by atoms with E-state index < -0.39 is 0 Å². The van der Waals surface area contributed by atoms with Gasteiger partial charge < -0.3 is 10.6 Å². The van der Waals surface area contributed by atoms with Crippen LogP contribution in [0.1, 0.15) is 43.4 Å². The third kappa shape index (κ3) is 2.93. The standard InChI is InChI=1S/C15H21ClN2O/c1-3-18-14(19)6-4-5-13(17)15(18)12-8-7-11(16)9-10(12)2/h7-9,13,15H,3-6,17H2,1-2H3. The van der Waals surface area contributed by atoms with Crippen molar-refractivity contribution in [3.8, 4) is 0 Å².